The molecule has 1 saturated carbocycles. The highest BCUT2D eigenvalue weighted by Gasteiger charge is 2.39. The standard InChI is InChI=1S/C20H23FN2O4S2/c21-15-5-3-4-14(10-15)18-12-28-20(25)22(18)11-19(24)23(16-6-1-2-7-16)17-8-9-29(26,27)13-17/h3-5,10,12,16-17H,1-2,6-9,11,13H2. The van der Waals surface area contributed by atoms with Gasteiger partial charge >= 0.3 is 4.87 Å². The molecule has 4 rings (SSSR count). The number of hydrogen-bond donors (Lipinski definition) is 0. The molecule has 0 bridgehead atoms. The van der Waals surface area contributed by atoms with Crippen LogP contribution < -0.4 is 4.87 Å². The summed E-state index contributed by atoms with van der Waals surface area (Å²) >= 11 is 0.968. The fraction of sp³-hybridized carbons (Fsp3) is 0.500. The van der Waals surface area contributed by atoms with Crippen molar-refractivity contribution in [3.8, 4) is 11.3 Å². The van der Waals surface area contributed by atoms with E-state index in [0.29, 0.717) is 17.7 Å². The van der Waals surface area contributed by atoms with E-state index in [1.54, 1.807) is 22.4 Å². The largest absolute Gasteiger partial charge is 0.334 e. The number of nitrogens with zero attached hydrogens (tertiary/aromatic N) is 2. The van der Waals surface area contributed by atoms with Gasteiger partial charge in [0.1, 0.15) is 12.4 Å². The average Bonchev–Trinajstić information content (AvgIpc) is 3.38. The predicted molar refractivity (Wildman–Crippen MR) is 110 cm³/mol. The first kappa shape index (κ1) is 20.3. The Bertz CT molecular complexity index is 1070. The number of rotatable bonds is 5. The molecule has 1 aromatic heterocycles. The Morgan fingerprint density at radius 3 is 2.62 bits per heavy atom. The smallest absolute Gasteiger partial charge is 0.308 e. The first-order valence-electron chi connectivity index (χ1n) is 9.80. The molecule has 9 heteroatoms. The molecule has 1 saturated heterocycles. The maximum Gasteiger partial charge on any atom is 0.308 e. The van der Waals surface area contributed by atoms with Gasteiger partial charge in [0.2, 0.25) is 5.91 Å². The number of thiazole rings is 1. The molecule has 156 valence electrons. The number of aromatic nitrogens is 1. The van der Waals surface area contributed by atoms with Crippen molar-refractivity contribution in [2.24, 2.45) is 0 Å². The van der Waals surface area contributed by atoms with Crippen LogP contribution in [0, 0.1) is 5.82 Å². The minimum Gasteiger partial charge on any atom is -0.334 e. The number of carbonyl (C=O) groups is 1. The third kappa shape index (κ3) is 4.30. The highest BCUT2D eigenvalue weighted by atomic mass is 32.2. The van der Waals surface area contributed by atoms with Crippen LogP contribution in [0.3, 0.4) is 0 Å². The maximum absolute atomic E-state index is 13.6. The summed E-state index contributed by atoms with van der Waals surface area (Å²) < 4.78 is 39.0. The minimum atomic E-state index is -3.13. The zero-order chi connectivity index (χ0) is 20.6. The van der Waals surface area contributed by atoms with Crippen molar-refractivity contribution >= 4 is 27.1 Å². The second kappa shape index (κ2) is 8.02. The Morgan fingerprint density at radius 1 is 1.21 bits per heavy atom. The van der Waals surface area contributed by atoms with E-state index in [4.69, 9.17) is 0 Å². The monoisotopic (exact) mass is 438 g/mol. The lowest BCUT2D eigenvalue weighted by Gasteiger charge is -2.34. The average molecular weight is 439 g/mol. The zero-order valence-electron chi connectivity index (χ0n) is 15.9. The number of sulfone groups is 1. The Morgan fingerprint density at radius 2 is 1.97 bits per heavy atom. The van der Waals surface area contributed by atoms with Gasteiger partial charge in [-0.15, -0.1) is 0 Å². The van der Waals surface area contributed by atoms with Crippen molar-refractivity contribution in [1.82, 2.24) is 9.47 Å². The molecule has 2 aliphatic rings. The van der Waals surface area contributed by atoms with Gasteiger partial charge < -0.3 is 4.90 Å². The number of hydrogen-bond acceptors (Lipinski definition) is 5. The molecule has 1 aromatic carbocycles. The zero-order valence-corrected chi connectivity index (χ0v) is 17.6. The van der Waals surface area contributed by atoms with E-state index in [1.165, 1.54) is 16.7 Å². The summed E-state index contributed by atoms with van der Waals surface area (Å²) in [5.74, 6) is -0.564. The summed E-state index contributed by atoms with van der Waals surface area (Å²) in [4.78, 5) is 27.2. The Kier molecular flexibility index (Phi) is 5.61. The maximum atomic E-state index is 13.6. The second-order valence-electron chi connectivity index (χ2n) is 7.78. The molecule has 0 N–H and O–H groups in total. The van der Waals surface area contributed by atoms with Crippen molar-refractivity contribution in [3.63, 3.8) is 0 Å². The van der Waals surface area contributed by atoms with E-state index < -0.39 is 15.7 Å². The van der Waals surface area contributed by atoms with Gasteiger partial charge in [-0.1, -0.05) is 36.3 Å². The fourth-order valence-electron chi connectivity index (χ4n) is 4.45. The van der Waals surface area contributed by atoms with Crippen LogP contribution in [0.5, 0.6) is 0 Å². The first-order valence-corrected chi connectivity index (χ1v) is 12.5. The molecule has 6 nitrogen and oxygen atoms in total. The van der Waals surface area contributed by atoms with Crippen LogP contribution in [0.4, 0.5) is 4.39 Å². The lowest BCUT2D eigenvalue weighted by Crippen LogP contribution is -2.48. The van der Waals surface area contributed by atoms with E-state index in [1.807, 2.05) is 0 Å². The molecule has 1 amide bonds. The molecule has 1 aliphatic carbocycles. The van der Waals surface area contributed by atoms with E-state index >= 15 is 0 Å². The summed E-state index contributed by atoms with van der Waals surface area (Å²) in [6.45, 7) is -0.165. The van der Waals surface area contributed by atoms with Crippen molar-refractivity contribution in [2.45, 2.75) is 50.7 Å². The van der Waals surface area contributed by atoms with Gasteiger partial charge in [0.05, 0.1) is 17.2 Å². The third-order valence-electron chi connectivity index (χ3n) is 5.80. The van der Waals surface area contributed by atoms with Gasteiger partial charge in [0, 0.05) is 23.0 Å². The van der Waals surface area contributed by atoms with Gasteiger partial charge in [0.15, 0.2) is 9.84 Å². The van der Waals surface area contributed by atoms with Gasteiger partial charge in [0.25, 0.3) is 0 Å². The van der Waals surface area contributed by atoms with E-state index in [9.17, 15) is 22.4 Å². The van der Waals surface area contributed by atoms with Crippen LogP contribution in [0.2, 0.25) is 0 Å². The topological polar surface area (TPSA) is 76.5 Å². The molecule has 1 atom stereocenters. The number of benzene rings is 1. The van der Waals surface area contributed by atoms with Gasteiger partial charge in [-0.05, 0) is 31.4 Å². The highest BCUT2D eigenvalue weighted by Crippen LogP contribution is 2.30. The minimum absolute atomic E-state index is 0.00940. The van der Waals surface area contributed by atoms with E-state index in [-0.39, 0.29) is 40.9 Å². The Balaban J connectivity index is 1.63. The molecule has 2 heterocycles. The summed E-state index contributed by atoms with van der Waals surface area (Å²) in [6.07, 6.45) is 4.19. The molecule has 2 fully saturated rings. The lowest BCUT2D eigenvalue weighted by atomic mass is 10.1. The molecule has 29 heavy (non-hydrogen) atoms. The van der Waals surface area contributed by atoms with Crippen LogP contribution in [-0.4, -0.2) is 47.4 Å². The Hall–Kier alpha value is -2.00. The van der Waals surface area contributed by atoms with Crippen molar-refractivity contribution in [2.75, 3.05) is 11.5 Å². The van der Waals surface area contributed by atoms with Gasteiger partial charge in [-0.25, -0.2) is 12.8 Å². The lowest BCUT2D eigenvalue weighted by molar-refractivity contribution is -0.136. The summed E-state index contributed by atoms with van der Waals surface area (Å²) in [5.41, 5.74) is 1.03. The van der Waals surface area contributed by atoms with Crippen LogP contribution in [0.25, 0.3) is 11.3 Å². The summed E-state index contributed by atoms with van der Waals surface area (Å²) in [5, 5.41) is 1.63. The molecule has 1 unspecified atom stereocenters. The second-order valence-corrected chi connectivity index (χ2v) is 10.8. The fourth-order valence-corrected chi connectivity index (χ4v) is 6.93. The van der Waals surface area contributed by atoms with Crippen molar-refractivity contribution < 1.29 is 17.6 Å². The number of amides is 1. The van der Waals surface area contributed by atoms with Gasteiger partial charge in [-0.2, -0.15) is 0 Å². The predicted octanol–water partition coefficient (Wildman–Crippen LogP) is 2.67. The molecule has 0 radical (unpaired) electrons. The highest BCUT2D eigenvalue weighted by molar-refractivity contribution is 7.91. The number of carbonyl (C=O) groups excluding carboxylic acids is 1. The molecular formula is C20H23FN2O4S2. The Labute approximate surface area is 172 Å². The quantitative estimate of drug-likeness (QED) is 0.719. The van der Waals surface area contributed by atoms with Crippen molar-refractivity contribution in [1.29, 1.82) is 0 Å². The van der Waals surface area contributed by atoms with Crippen LogP contribution >= 0.6 is 11.3 Å². The van der Waals surface area contributed by atoms with Crippen LogP contribution in [0.15, 0.2) is 34.4 Å². The number of halogens is 1. The van der Waals surface area contributed by atoms with Crippen LogP contribution in [-0.2, 0) is 21.2 Å². The normalized spacial score (nSPS) is 21.5. The van der Waals surface area contributed by atoms with Crippen molar-refractivity contribution in [3.05, 3.63) is 45.1 Å². The molecule has 2 aromatic rings. The van der Waals surface area contributed by atoms with Gasteiger partial charge in [-0.3, -0.25) is 14.2 Å². The summed E-state index contributed by atoms with van der Waals surface area (Å²) in [7, 11) is -3.13. The molecule has 1 aliphatic heterocycles. The van der Waals surface area contributed by atoms with Crippen LogP contribution in [0.1, 0.15) is 32.1 Å². The molecule has 0 spiro atoms. The third-order valence-corrected chi connectivity index (χ3v) is 8.32. The molecular weight excluding hydrogens is 415 g/mol. The summed E-state index contributed by atoms with van der Waals surface area (Å²) in [6, 6.07) is 5.61. The SMILES string of the molecule is O=C(Cn1c(-c2cccc(F)c2)csc1=O)N(C1CCCC1)C1CCS(=O)(=O)C1. The van der Waals surface area contributed by atoms with E-state index in [2.05, 4.69) is 0 Å². The van der Waals surface area contributed by atoms with E-state index in [0.717, 1.165) is 37.0 Å². The first-order chi connectivity index (χ1) is 13.8.